The Morgan fingerprint density at radius 3 is 1.50 bits per heavy atom. The maximum absolute atomic E-state index is 6.00. The molecule has 0 bridgehead atoms. The summed E-state index contributed by atoms with van der Waals surface area (Å²) in [6, 6.07) is 0. The van der Waals surface area contributed by atoms with Gasteiger partial charge in [0.1, 0.15) is 0 Å². The molecule has 0 aliphatic heterocycles. The summed E-state index contributed by atoms with van der Waals surface area (Å²) in [5.74, 6) is 0.850. The zero-order valence-corrected chi connectivity index (χ0v) is 7.68. The van der Waals surface area contributed by atoms with Gasteiger partial charge in [0.25, 0.3) is 0 Å². The fraction of sp³-hybridized carbons (Fsp3) is 1.00. The Morgan fingerprint density at radius 1 is 1.20 bits per heavy atom. The van der Waals surface area contributed by atoms with Crippen molar-refractivity contribution in [1.82, 2.24) is 0 Å². The van der Waals surface area contributed by atoms with E-state index < -0.39 is 0 Å². The molecule has 0 amide bonds. The molecule has 0 saturated heterocycles. The molecule has 0 aliphatic rings. The molecule has 0 aromatic carbocycles. The molecular weight excluding hydrogens is 128 g/mol. The lowest BCUT2D eigenvalue weighted by Crippen LogP contribution is -2.15. The van der Waals surface area contributed by atoms with Crippen LogP contribution in [0.15, 0.2) is 0 Å². The molecule has 0 fully saturated rings. The molecule has 0 heterocycles. The van der Waals surface area contributed by atoms with Crippen molar-refractivity contribution >= 4 is 0 Å². The monoisotopic (exact) mass is 148 g/mol. The first-order valence-corrected chi connectivity index (χ1v) is 3.68. The summed E-state index contributed by atoms with van der Waals surface area (Å²) in [5.41, 5.74) is 0.509. The molecule has 10 heavy (non-hydrogen) atoms. The van der Waals surface area contributed by atoms with Crippen molar-refractivity contribution in [3.8, 4) is 0 Å². The Morgan fingerprint density at radius 2 is 1.50 bits per heavy atom. The van der Waals surface area contributed by atoms with Gasteiger partial charge in [0.05, 0.1) is 0 Å². The highest BCUT2D eigenvalue weighted by atomic mass is 17.0. The van der Waals surface area contributed by atoms with E-state index in [4.69, 9.17) is 10.5 Å². The van der Waals surface area contributed by atoms with E-state index in [9.17, 15) is 0 Å². The second kappa shape index (κ2) is 5.69. The summed E-state index contributed by atoms with van der Waals surface area (Å²) in [6.45, 7) is 11.4. The van der Waals surface area contributed by atoms with Gasteiger partial charge in [-0.25, -0.2) is 0 Å². The minimum Gasteiger partial charge on any atom is -0.255 e. The summed E-state index contributed by atoms with van der Waals surface area (Å²) >= 11 is 0. The van der Waals surface area contributed by atoms with Crippen molar-refractivity contribution < 1.29 is 10.5 Å². The van der Waals surface area contributed by atoms with Crippen LogP contribution in [-0.4, -0.2) is 10.5 Å². The summed E-state index contributed by atoms with van der Waals surface area (Å²) in [5, 5.41) is 12.0. The van der Waals surface area contributed by atoms with Crippen LogP contribution in [0.4, 0.5) is 0 Å². The second-order valence-electron chi connectivity index (χ2n) is 3.68. The zero-order valence-electron chi connectivity index (χ0n) is 7.68. The first-order chi connectivity index (χ1) is 4.48. The van der Waals surface area contributed by atoms with E-state index in [-0.39, 0.29) is 0 Å². The van der Waals surface area contributed by atoms with Crippen LogP contribution >= 0.6 is 0 Å². The zero-order chi connectivity index (χ0) is 8.78. The molecule has 0 aliphatic carbocycles. The van der Waals surface area contributed by atoms with Gasteiger partial charge in [-0.05, 0) is 11.3 Å². The third-order valence-electron chi connectivity index (χ3n) is 2.09. The van der Waals surface area contributed by atoms with Crippen molar-refractivity contribution in [1.29, 1.82) is 0 Å². The molecule has 0 saturated carbocycles. The lowest BCUT2D eigenvalue weighted by atomic mass is 9.81. The first kappa shape index (κ1) is 12.6. The summed E-state index contributed by atoms with van der Waals surface area (Å²) in [4.78, 5) is 0. The molecule has 2 nitrogen and oxygen atoms in total. The molecule has 1 unspecified atom stereocenters. The minimum absolute atomic E-state index is 0.509. The highest BCUT2D eigenvalue weighted by Crippen LogP contribution is 2.27. The van der Waals surface area contributed by atoms with Gasteiger partial charge in [-0.2, -0.15) is 0 Å². The Bertz CT molecular complexity index is 64.1. The van der Waals surface area contributed by atoms with Gasteiger partial charge < -0.3 is 0 Å². The van der Waals surface area contributed by atoms with Crippen LogP contribution in [-0.2, 0) is 0 Å². The Kier molecular flexibility index (Phi) is 7.15. The van der Waals surface area contributed by atoms with E-state index in [2.05, 4.69) is 34.6 Å². The third-order valence-corrected chi connectivity index (χ3v) is 2.09. The minimum atomic E-state index is 0.509. The SMILES string of the molecule is CCC(C)C(C)(C)C.OO. The van der Waals surface area contributed by atoms with Crippen LogP contribution in [0.25, 0.3) is 0 Å². The molecule has 0 spiro atoms. The summed E-state index contributed by atoms with van der Waals surface area (Å²) < 4.78 is 0. The first-order valence-electron chi connectivity index (χ1n) is 3.68. The van der Waals surface area contributed by atoms with Gasteiger partial charge in [0.15, 0.2) is 0 Å². The number of rotatable bonds is 1. The van der Waals surface area contributed by atoms with Gasteiger partial charge in [0, 0.05) is 0 Å². The lowest BCUT2D eigenvalue weighted by molar-refractivity contribution is -0.176. The highest BCUT2D eigenvalue weighted by molar-refractivity contribution is 4.67. The normalized spacial score (nSPS) is 13.5. The van der Waals surface area contributed by atoms with Gasteiger partial charge in [-0.3, -0.25) is 10.5 Å². The van der Waals surface area contributed by atoms with Crippen LogP contribution in [0.2, 0.25) is 0 Å². The Labute approximate surface area is 63.8 Å². The van der Waals surface area contributed by atoms with Crippen molar-refractivity contribution in [2.75, 3.05) is 0 Å². The largest absolute Gasteiger partial charge is 0.255 e. The topological polar surface area (TPSA) is 40.5 Å². The molecule has 0 radical (unpaired) electrons. The van der Waals surface area contributed by atoms with Crippen molar-refractivity contribution in [2.45, 2.75) is 41.0 Å². The summed E-state index contributed by atoms with van der Waals surface area (Å²) in [7, 11) is 0. The van der Waals surface area contributed by atoms with Crippen LogP contribution in [0.5, 0.6) is 0 Å². The van der Waals surface area contributed by atoms with Crippen LogP contribution in [0, 0.1) is 11.3 Å². The van der Waals surface area contributed by atoms with Gasteiger partial charge in [-0.15, -0.1) is 0 Å². The second-order valence-corrected chi connectivity index (χ2v) is 3.68. The molecule has 0 rings (SSSR count). The molecule has 2 N–H and O–H groups in total. The van der Waals surface area contributed by atoms with Crippen molar-refractivity contribution in [3.05, 3.63) is 0 Å². The maximum Gasteiger partial charge on any atom is -0.0357 e. The van der Waals surface area contributed by atoms with Gasteiger partial charge in [0.2, 0.25) is 0 Å². The van der Waals surface area contributed by atoms with E-state index in [1.807, 2.05) is 0 Å². The molecular formula is C8H20O2. The Hall–Kier alpha value is -0.0800. The molecule has 2 heteroatoms. The molecule has 0 aromatic heterocycles. The van der Waals surface area contributed by atoms with E-state index in [0.717, 1.165) is 5.92 Å². The molecule has 0 aromatic rings. The van der Waals surface area contributed by atoms with Crippen LogP contribution in [0.3, 0.4) is 0 Å². The predicted octanol–water partition coefficient (Wildman–Crippen LogP) is 3.10. The van der Waals surface area contributed by atoms with Crippen LogP contribution < -0.4 is 0 Å². The molecule has 64 valence electrons. The quantitative estimate of drug-likeness (QED) is 0.443. The van der Waals surface area contributed by atoms with E-state index in [0.29, 0.717) is 5.41 Å². The van der Waals surface area contributed by atoms with Crippen molar-refractivity contribution in [2.24, 2.45) is 11.3 Å². The van der Waals surface area contributed by atoms with E-state index in [1.165, 1.54) is 6.42 Å². The fourth-order valence-corrected chi connectivity index (χ4v) is 0.612. The van der Waals surface area contributed by atoms with Crippen molar-refractivity contribution in [3.63, 3.8) is 0 Å². The summed E-state index contributed by atoms with van der Waals surface area (Å²) in [6.07, 6.45) is 1.30. The predicted molar refractivity (Wildman–Crippen MR) is 44.2 cm³/mol. The Balaban J connectivity index is 0. The average Bonchev–Trinajstić information content (AvgIpc) is 1.89. The highest BCUT2D eigenvalue weighted by Gasteiger charge is 2.16. The smallest absolute Gasteiger partial charge is 0.0357 e. The van der Waals surface area contributed by atoms with Crippen LogP contribution in [0.1, 0.15) is 41.0 Å². The van der Waals surface area contributed by atoms with E-state index >= 15 is 0 Å². The molecule has 1 atom stereocenters. The van der Waals surface area contributed by atoms with Gasteiger partial charge >= 0.3 is 0 Å². The lowest BCUT2D eigenvalue weighted by Gasteiger charge is -2.25. The fourth-order valence-electron chi connectivity index (χ4n) is 0.612. The van der Waals surface area contributed by atoms with E-state index in [1.54, 1.807) is 0 Å². The third kappa shape index (κ3) is 6.05. The number of hydrogen-bond donors (Lipinski definition) is 2. The average molecular weight is 148 g/mol. The standard InChI is InChI=1S/C8H18.H2O2/c1-6-7(2)8(3,4)5;1-2/h7H,6H2,1-5H3;1-2H. The maximum atomic E-state index is 6.00. The number of hydrogen-bond acceptors (Lipinski definition) is 2. The van der Waals surface area contributed by atoms with Gasteiger partial charge in [-0.1, -0.05) is 41.0 Å².